The van der Waals surface area contributed by atoms with E-state index in [4.69, 9.17) is 10.1 Å². The highest BCUT2D eigenvalue weighted by Gasteiger charge is 2.20. The highest BCUT2D eigenvalue weighted by molar-refractivity contribution is 5.92. The largest absolute Gasteiger partial charge is 0.385 e. The number of ether oxygens (including phenoxy) is 1. The summed E-state index contributed by atoms with van der Waals surface area (Å²) in [4.78, 5) is 17.4. The highest BCUT2D eigenvalue weighted by Crippen LogP contribution is 2.24. The van der Waals surface area contributed by atoms with Crippen LogP contribution < -0.4 is 16.0 Å². The number of carbonyl (C=O) groups is 1. The molecule has 32 heavy (non-hydrogen) atoms. The number of fused-ring (bicyclic) bond motifs is 4. The van der Waals surface area contributed by atoms with E-state index in [2.05, 4.69) is 31.2 Å². The van der Waals surface area contributed by atoms with Crippen molar-refractivity contribution >= 4 is 23.8 Å². The van der Waals surface area contributed by atoms with Crippen molar-refractivity contribution in [2.75, 3.05) is 30.9 Å². The average Bonchev–Trinajstić information content (AvgIpc) is 3.24. The molecule has 166 valence electrons. The highest BCUT2D eigenvalue weighted by atomic mass is 16.5. The monoisotopic (exact) mass is 434 g/mol. The van der Waals surface area contributed by atoms with E-state index in [-0.39, 0.29) is 12.1 Å². The fourth-order valence-electron chi connectivity index (χ4n) is 3.67. The molecule has 10 nitrogen and oxygen atoms in total. The minimum absolute atomic E-state index is 0.274. The van der Waals surface area contributed by atoms with E-state index < -0.39 is 0 Å². The lowest BCUT2D eigenvalue weighted by Gasteiger charge is -2.20. The van der Waals surface area contributed by atoms with Gasteiger partial charge in [-0.25, -0.2) is 14.5 Å². The zero-order valence-corrected chi connectivity index (χ0v) is 17.8. The van der Waals surface area contributed by atoms with E-state index in [0.29, 0.717) is 43.2 Å². The Kier molecular flexibility index (Phi) is 6.71. The maximum Gasteiger partial charge on any atom is 0.320 e. The van der Waals surface area contributed by atoms with Crippen LogP contribution in [-0.4, -0.2) is 52.5 Å². The summed E-state index contributed by atoms with van der Waals surface area (Å²) in [6.45, 7) is 1.65. The molecule has 10 heteroatoms. The van der Waals surface area contributed by atoms with Gasteiger partial charge in [-0.3, -0.25) is 5.32 Å². The summed E-state index contributed by atoms with van der Waals surface area (Å²) in [7, 11) is 1.66. The van der Waals surface area contributed by atoms with Gasteiger partial charge in [-0.2, -0.15) is 0 Å². The van der Waals surface area contributed by atoms with Crippen LogP contribution in [0.1, 0.15) is 35.0 Å². The van der Waals surface area contributed by atoms with Crippen molar-refractivity contribution in [2.24, 2.45) is 0 Å². The third-order valence-electron chi connectivity index (χ3n) is 5.17. The summed E-state index contributed by atoms with van der Waals surface area (Å²) in [6, 6.07) is 10.8. The summed E-state index contributed by atoms with van der Waals surface area (Å²) in [5.74, 6) is 0.367. The van der Waals surface area contributed by atoms with E-state index in [0.717, 1.165) is 23.4 Å². The minimum Gasteiger partial charge on any atom is -0.385 e. The van der Waals surface area contributed by atoms with Crippen LogP contribution in [0.15, 0.2) is 42.6 Å². The van der Waals surface area contributed by atoms with Crippen LogP contribution in [0.2, 0.25) is 0 Å². The molecular weight excluding hydrogens is 408 g/mol. The molecule has 1 aliphatic rings. The lowest BCUT2D eigenvalue weighted by Crippen LogP contribution is -2.34. The molecule has 4 N–H and O–H groups in total. The summed E-state index contributed by atoms with van der Waals surface area (Å²) < 4.78 is 6.83. The number of methoxy groups -OCH3 is 1. The lowest BCUT2D eigenvalue weighted by molar-refractivity contribution is 0.198. The first kappa shape index (κ1) is 21.4. The number of aromatic nitrogens is 4. The molecule has 0 radical (unpaired) electrons. The van der Waals surface area contributed by atoms with E-state index in [1.165, 1.54) is 6.21 Å². The first-order valence-corrected chi connectivity index (χ1v) is 10.4. The molecule has 3 aromatic rings. The van der Waals surface area contributed by atoms with E-state index in [1.54, 1.807) is 17.9 Å². The molecule has 0 saturated carbocycles. The van der Waals surface area contributed by atoms with Crippen LogP contribution in [-0.2, 0) is 17.7 Å². The third-order valence-corrected chi connectivity index (χ3v) is 5.17. The van der Waals surface area contributed by atoms with Gasteiger partial charge in [0.2, 0.25) is 0 Å². The number of benzene rings is 1. The number of hydrogen-bond donors (Lipinski definition) is 4. The lowest BCUT2D eigenvalue weighted by atomic mass is 10.0. The van der Waals surface area contributed by atoms with Crippen LogP contribution in [0.25, 0.3) is 0 Å². The number of hydrogen-bond acceptors (Lipinski definition) is 7. The molecule has 2 amide bonds. The number of amides is 2. The smallest absolute Gasteiger partial charge is 0.320 e. The Morgan fingerprint density at radius 2 is 2.19 bits per heavy atom. The van der Waals surface area contributed by atoms with Crippen LogP contribution in [0.3, 0.4) is 0 Å². The van der Waals surface area contributed by atoms with Crippen LogP contribution in [0.5, 0.6) is 0 Å². The van der Waals surface area contributed by atoms with Crippen molar-refractivity contribution in [1.82, 2.24) is 25.3 Å². The second kappa shape index (κ2) is 10.0. The second-order valence-electron chi connectivity index (χ2n) is 7.51. The van der Waals surface area contributed by atoms with E-state index in [9.17, 15) is 4.79 Å². The van der Waals surface area contributed by atoms with Crippen LogP contribution >= 0.6 is 0 Å². The fourth-order valence-corrected chi connectivity index (χ4v) is 3.67. The van der Waals surface area contributed by atoms with Crippen molar-refractivity contribution in [1.29, 1.82) is 5.41 Å². The Balaban J connectivity index is 1.68. The molecule has 1 unspecified atom stereocenters. The van der Waals surface area contributed by atoms with Crippen molar-refractivity contribution in [3.05, 3.63) is 65.1 Å². The van der Waals surface area contributed by atoms with Crippen molar-refractivity contribution in [2.45, 2.75) is 25.4 Å². The SMILES string of the molecule is COCCCNc1c(C=N)cc2nc1Cn1cc(nn1)CC(c1ccccc1)NC(=O)N2. The van der Waals surface area contributed by atoms with Gasteiger partial charge in [0.15, 0.2) is 0 Å². The quantitative estimate of drug-likeness (QED) is 0.334. The molecule has 0 saturated heterocycles. The number of nitrogens with one attached hydrogen (secondary N) is 4. The second-order valence-corrected chi connectivity index (χ2v) is 7.51. The van der Waals surface area contributed by atoms with Gasteiger partial charge in [0, 0.05) is 44.7 Å². The Morgan fingerprint density at radius 3 is 2.97 bits per heavy atom. The third kappa shape index (κ3) is 5.09. The summed E-state index contributed by atoms with van der Waals surface area (Å²) >= 11 is 0. The molecular formula is C22H26N8O2. The first-order chi connectivity index (χ1) is 15.7. The van der Waals surface area contributed by atoms with Crippen molar-refractivity contribution in [3.8, 4) is 0 Å². The Morgan fingerprint density at radius 1 is 1.34 bits per heavy atom. The average molecular weight is 435 g/mol. The molecule has 4 bridgehead atoms. The molecule has 3 heterocycles. The topological polar surface area (TPSA) is 130 Å². The van der Waals surface area contributed by atoms with Gasteiger partial charge in [0.25, 0.3) is 0 Å². The molecule has 2 aromatic heterocycles. The summed E-state index contributed by atoms with van der Waals surface area (Å²) in [5.41, 5.74) is 3.75. The number of pyridine rings is 1. The van der Waals surface area contributed by atoms with Crippen LogP contribution in [0, 0.1) is 5.41 Å². The van der Waals surface area contributed by atoms with E-state index in [1.807, 2.05) is 36.5 Å². The summed E-state index contributed by atoms with van der Waals surface area (Å²) in [5, 5.41) is 25.6. The fraction of sp³-hybridized carbons (Fsp3) is 0.318. The summed E-state index contributed by atoms with van der Waals surface area (Å²) in [6.07, 6.45) is 4.43. The maximum absolute atomic E-state index is 12.8. The minimum atomic E-state index is -0.373. The molecule has 1 atom stereocenters. The molecule has 1 aromatic carbocycles. The Labute approximate surface area is 185 Å². The number of urea groups is 1. The van der Waals surface area contributed by atoms with Gasteiger partial charge in [-0.15, -0.1) is 5.10 Å². The predicted octanol–water partition coefficient (Wildman–Crippen LogP) is 2.59. The van der Waals surface area contributed by atoms with Crippen LogP contribution in [0.4, 0.5) is 16.3 Å². The van der Waals surface area contributed by atoms with E-state index >= 15 is 0 Å². The maximum atomic E-state index is 12.8. The van der Waals surface area contributed by atoms with Gasteiger partial charge in [0.1, 0.15) is 5.82 Å². The zero-order chi connectivity index (χ0) is 22.3. The Hall–Kier alpha value is -3.79. The first-order valence-electron chi connectivity index (χ1n) is 10.4. The van der Waals surface area contributed by atoms with Gasteiger partial charge in [-0.05, 0) is 18.1 Å². The van der Waals surface area contributed by atoms with Gasteiger partial charge >= 0.3 is 6.03 Å². The predicted molar refractivity (Wildman–Crippen MR) is 121 cm³/mol. The number of carbonyl (C=O) groups excluding carboxylic acids is 1. The Bertz CT molecular complexity index is 1080. The number of anilines is 2. The van der Waals surface area contributed by atoms with Crippen molar-refractivity contribution < 1.29 is 9.53 Å². The standard InChI is InChI=1S/C22H26N8O2/c1-32-9-5-8-24-21-16(12-23)10-20-25-19(21)14-30-13-17(28-29-30)11-18(26-22(31)27-20)15-6-3-2-4-7-15/h2-4,6-7,10,12-13,18,23-24H,5,8-9,11,14H2,1H3,(H2,25,26,27,31). The van der Waals surface area contributed by atoms with Gasteiger partial charge in [0.05, 0.1) is 29.7 Å². The normalized spacial score (nSPS) is 15.7. The molecule has 4 rings (SSSR count). The van der Waals surface area contributed by atoms with Gasteiger partial charge in [-0.1, -0.05) is 35.5 Å². The molecule has 0 aliphatic carbocycles. The molecule has 1 aliphatic heterocycles. The van der Waals surface area contributed by atoms with Gasteiger partial charge < -0.3 is 20.8 Å². The zero-order valence-electron chi connectivity index (χ0n) is 17.8. The molecule has 0 spiro atoms. The number of nitrogens with zero attached hydrogens (tertiary/aromatic N) is 4. The van der Waals surface area contributed by atoms with Crippen molar-refractivity contribution in [3.63, 3.8) is 0 Å². The number of rotatable bonds is 7. The molecule has 0 fully saturated rings.